The molecule has 1 saturated heterocycles. The van der Waals surface area contributed by atoms with E-state index in [0.29, 0.717) is 23.4 Å². The summed E-state index contributed by atoms with van der Waals surface area (Å²) in [6.45, 7) is 1.86. The van der Waals surface area contributed by atoms with E-state index in [-0.39, 0.29) is 46.2 Å². The van der Waals surface area contributed by atoms with Crippen molar-refractivity contribution in [3.8, 4) is 34.3 Å². The van der Waals surface area contributed by atoms with Gasteiger partial charge in [-0.25, -0.2) is 0 Å². The summed E-state index contributed by atoms with van der Waals surface area (Å²) in [7, 11) is 0. The maximum atomic E-state index is 12.9. The average molecular weight is 536 g/mol. The van der Waals surface area contributed by atoms with Crippen LogP contribution in [0.15, 0.2) is 47.0 Å². The van der Waals surface area contributed by atoms with Crippen LogP contribution in [0, 0.1) is 0 Å². The predicted octanol–water partition coefficient (Wildman–Crippen LogP) is 3.11. The van der Waals surface area contributed by atoms with Gasteiger partial charge in [-0.1, -0.05) is 5.16 Å². The first kappa shape index (κ1) is 26.5. The number of nitrogens with zero attached hydrogens (tertiary/aromatic N) is 2. The first-order valence-electron chi connectivity index (χ1n) is 13.2. The van der Waals surface area contributed by atoms with E-state index in [1.165, 1.54) is 36.4 Å². The first-order chi connectivity index (χ1) is 18.8. The Kier molecular flexibility index (Phi) is 7.71. The third-order valence-electron chi connectivity index (χ3n) is 7.54. The lowest BCUT2D eigenvalue weighted by Crippen LogP contribution is -2.49. The third kappa shape index (κ3) is 6.15. The fraction of sp³-hybridized carbons (Fsp3) is 0.393. The zero-order valence-corrected chi connectivity index (χ0v) is 21.5. The van der Waals surface area contributed by atoms with E-state index in [1.807, 2.05) is 0 Å². The number of likely N-dealkylation sites (tertiary alicyclic amines) is 1. The van der Waals surface area contributed by atoms with E-state index < -0.39 is 5.91 Å². The number of carbonyl (C=O) groups is 2. The molecule has 2 heterocycles. The molecule has 1 aromatic heterocycles. The number of carbonyl (C=O) groups excluding carboxylic acids is 2. The van der Waals surface area contributed by atoms with Gasteiger partial charge in [-0.2, -0.15) is 0 Å². The normalized spacial score (nSPS) is 20.4. The van der Waals surface area contributed by atoms with E-state index in [9.17, 15) is 19.8 Å². The summed E-state index contributed by atoms with van der Waals surface area (Å²) >= 11 is 0. The molecule has 11 nitrogen and oxygen atoms in total. The molecule has 2 fully saturated rings. The van der Waals surface area contributed by atoms with Crippen molar-refractivity contribution in [1.29, 1.82) is 0 Å². The highest BCUT2D eigenvalue weighted by molar-refractivity contribution is 5.94. The summed E-state index contributed by atoms with van der Waals surface area (Å²) in [5, 5.41) is 27.6. The maximum Gasteiger partial charge on any atom is 0.273 e. The molecule has 3 aromatic rings. The van der Waals surface area contributed by atoms with Crippen LogP contribution in [-0.2, 0) is 0 Å². The molecular formula is C28H33N5O6. The summed E-state index contributed by atoms with van der Waals surface area (Å²) in [5.41, 5.74) is 11.8. The number of rotatable bonds is 7. The van der Waals surface area contributed by atoms with Gasteiger partial charge in [0, 0.05) is 55.0 Å². The van der Waals surface area contributed by atoms with Crippen LogP contribution < -0.4 is 21.5 Å². The molecule has 7 N–H and O–H groups in total. The fourth-order valence-electron chi connectivity index (χ4n) is 5.36. The minimum absolute atomic E-state index is 0.0316. The summed E-state index contributed by atoms with van der Waals surface area (Å²) in [6, 6.07) is 10.8. The topological polar surface area (TPSA) is 177 Å². The van der Waals surface area contributed by atoms with Gasteiger partial charge in [-0.15, -0.1) is 0 Å². The molecule has 5 rings (SSSR count). The van der Waals surface area contributed by atoms with Crippen LogP contribution in [0.25, 0.3) is 11.3 Å². The van der Waals surface area contributed by atoms with Gasteiger partial charge in [0.2, 0.25) is 5.91 Å². The number of aromatic nitrogens is 1. The number of phenols is 2. The number of piperidine rings is 1. The Hall–Kier alpha value is -4.09. The van der Waals surface area contributed by atoms with Crippen molar-refractivity contribution in [1.82, 2.24) is 15.4 Å². The van der Waals surface area contributed by atoms with E-state index >= 15 is 0 Å². The molecule has 11 heteroatoms. The largest absolute Gasteiger partial charge is 0.508 e. The third-order valence-corrected chi connectivity index (χ3v) is 7.54. The molecule has 1 aliphatic carbocycles. The van der Waals surface area contributed by atoms with Gasteiger partial charge in [0.1, 0.15) is 28.6 Å². The molecule has 0 bridgehead atoms. The van der Waals surface area contributed by atoms with Crippen molar-refractivity contribution >= 4 is 11.8 Å². The van der Waals surface area contributed by atoms with Crippen LogP contribution in [0.5, 0.6) is 23.0 Å². The standard InChI is InChI=1S/C28H33N5O6/c29-17-3-5-19(6-4-17)33-11-9-18(10-12-33)31-28(37)22-15-25(39-32-22)26-23(35)13-20(34)14-24(26)38-21-7-1-16(2-8-21)27(30)36/h1-2,7-8,13-15,17-19,34-35H,3-6,9-12,29H2,(H2,30,36)(H,31,37). The molecule has 39 heavy (non-hydrogen) atoms. The molecule has 1 saturated carbocycles. The Bertz CT molecular complexity index is 1320. The van der Waals surface area contributed by atoms with E-state index in [2.05, 4.69) is 15.4 Å². The molecule has 2 aliphatic rings. The van der Waals surface area contributed by atoms with Crippen LogP contribution in [0.1, 0.15) is 59.4 Å². The number of primary amides is 1. The van der Waals surface area contributed by atoms with Gasteiger partial charge in [0.15, 0.2) is 11.5 Å². The molecular weight excluding hydrogens is 502 g/mol. The van der Waals surface area contributed by atoms with Crippen LogP contribution in [-0.4, -0.2) is 63.3 Å². The van der Waals surface area contributed by atoms with Crippen LogP contribution in [0.2, 0.25) is 0 Å². The summed E-state index contributed by atoms with van der Waals surface area (Å²) < 4.78 is 11.2. The number of amides is 2. The highest BCUT2D eigenvalue weighted by atomic mass is 16.5. The molecule has 1 aliphatic heterocycles. The zero-order chi connectivity index (χ0) is 27.5. The second kappa shape index (κ2) is 11.3. The number of ether oxygens (including phenoxy) is 1. The Morgan fingerprint density at radius 3 is 2.36 bits per heavy atom. The lowest BCUT2D eigenvalue weighted by Gasteiger charge is -2.40. The van der Waals surface area contributed by atoms with Gasteiger partial charge in [-0.3, -0.25) is 9.59 Å². The number of hydrogen-bond acceptors (Lipinski definition) is 9. The number of hydrogen-bond donors (Lipinski definition) is 5. The summed E-state index contributed by atoms with van der Waals surface area (Å²) in [4.78, 5) is 26.8. The van der Waals surface area contributed by atoms with Crippen molar-refractivity contribution in [3.63, 3.8) is 0 Å². The molecule has 0 atom stereocenters. The SMILES string of the molecule is NC(=O)c1ccc(Oc2cc(O)cc(O)c2-c2cc(C(=O)NC3CCN(C4CCC(N)CC4)CC3)no2)cc1. The number of benzene rings is 2. The molecule has 2 amide bonds. The van der Waals surface area contributed by atoms with Gasteiger partial charge in [0.05, 0.1) is 0 Å². The van der Waals surface area contributed by atoms with Gasteiger partial charge in [0.25, 0.3) is 5.91 Å². The lowest BCUT2D eigenvalue weighted by atomic mass is 9.89. The fourth-order valence-corrected chi connectivity index (χ4v) is 5.36. The van der Waals surface area contributed by atoms with Crippen molar-refractivity contribution in [2.45, 2.75) is 56.7 Å². The summed E-state index contributed by atoms with van der Waals surface area (Å²) in [5.74, 6) is -1.02. The predicted molar refractivity (Wildman–Crippen MR) is 143 cm³/mol. The quantitative estimate of drug-likeness (QED) is 0.304. The molecule has 0 spiro atoms. The maximum absolute atomic E-state index is 12.9. The lowest BCUT2D eigenvalue weighted by molar-refractivity contribution is 0.0850. The van der Waals surface area contributed by atoms with Crippen LogP contribution in [0.3, 0.4) is 0 Å². The number of phenolic OH excluding ortho intramolecular Hbond substituents is 2. The molecule has 206 valence electrons. The Morgan fingerprint density at radius 2 is 1.69 bits per heavy atom. The highest BCUT2D eigenvalue weighted by Crippen LogP contribution is 2.43. The molecule has 2 aromatic carbocycles. The number of nitrogens with two attached hydrogens (primary N) is 2. The Morgan fingerprint density at radius 1 is 1.00 bits per heavy atom. The molecule has 0 radical (unpaired) electrons. The van der Waals surface area contributed by atoms with Crippen molar-refractivity contribution < 1.29 is 29.1 Å². The first-order valence-corrected chi connectivity index (χ1v) is 13.2. The monoisotopic (exact) mass is 535 g/mol. The highest BCUT2D eigenvalue weighted by Gasteiger charge is 2.29. The van der Waals surface area contributed by atoms with E-state index in [0.717, 1.165) is 57.7 Å². The summed E-state index contributed by atoms with van der Waals surface area (Å²) in [6.07, 6.45) is 6.11. The van der Waals surface area contributed by atoms with Gasteiger partial charge >= 0.3 is 0 Å². The molecule has 0 unspecified atom stereocenters. The van der Waals surface area contributed by atoms with Crippen LogP contribution in [0.4, 0.5) is 0 Å². The van der Waals surface area contributed by atoms with Crippen LogP contribution >= 0.6 is 0 Å². The number of aromatic hydroxyl groups is 2. The minimum atomic E-state index is -0.579. The second-order valence-electron chi connectivity index (χ2n) is 10.3. The van der Waals surface area contributed by atoms with E-state index in [1.54, 1.807) is 0 Å². The zero-order valence-electron chi connectivity index (χ0n) is 21.5. The van der Waals surface area contributed by atoms with Crippen molar-refractivity contribution in [3.05, 3.63) is 53.7 Å². The van der Waals surface area contributed by atoms with Crippen molar-refractivity contribution in [2.75, 3.05) is 13.1 Å². The Labute approximate surface area is 225 Å². The number of nitrogens with one attached hydrogen (secondary N) is 1. The second-order valence-corrected chi connectivity index (χ2v) is 10.3. The van der Waals surface area contributed by atoms with E-state index in [4.69, 9.17) is 20.7 Å². The van der Waals surface area contributed by atoms with Gasteiger partial charge < -0.3 is 41.2 Å². The average Bonchev–Trinajstić information content (AvgIpc) is 3.39. The van der Waals surface area contributed by atoms with Crippen molar-refractivity contribution in [2.24, 2.45) is 11.5 Å². The Balaban J connectivity index is 1.25. The smallest absolute Gasteiger partial charge is 0.273 e. The minimum Gasteiger partial charge on any atom is -0.508 e. The van der Waals surface area contributed by atoms with Gasteiger partial charge in [-0.05, 0) is 62.8 Å².